The molecule has 0 radical (unpaired) electrons. The second-order valence-corrected chi connectivity index (χ2v) is 3.47. The zero-order chi connectivity index (χ0) is 10.8. The van der Waals surface area contributed by atoms with Gasteiger partial charge in [-0.2, -0.15) is 0 Å². The third-order valence-electron chi connectivity index (χ3n) is 2.43. The summed E-state index contributed by atoms with van der Waals surface area (Å²) in [5.41, 5.74) is -0.560. The lowest BCUT2D eigenvalue weighted by Gasteiger charge is -2.24. The van der Waals surface area contributed by atoms with Crippen molar-refractivity contribution in [3.05, 3.63) is 29.6 Å². The van der Waals surface area contributed by atoms with Gasteiger partial charge in [-0.1, -0.05) is 6.92 Å². The average Bonchev–Trinajstić information content (AvgIpc) is 2.18. The van der Waals surface area contributed by atoms with Gasteiger partial charge in [-0.05, 0) is 31.5 Å². The molecule has 0 spiro atoms. The lowest BCUT2D eigenvalue weighted by Crippen LogP contribution is -2.20. The maximum Gasteiger partial charge on any atom is 0.125 e. The number of aliphatic hydroxyl groups is 1. The summed E-state index contributed by atoms with van der Waals surface area (Å²) in [7, 11) is 1.50. The van der Waals surface area contributed by atoms with Crippen LogP contribution in [0.1, 0.15) is 25.8 Å². The Hall–Kier alpha value is -1.09. The molecule has 0 aromatic heterocycles. The van der Waals surface area contributed by atoms with Crippen molar-refractivity contribution in [2.45, 2.75) is 25.9 Å². The van der Waals surface area contributed by atoms with Crippen LogP contribution in [0, 0.1) is 5.82 Å². The molecule has 3 heteroatoms. The predicted octanol–water partition coefficient (Wildman–Crippen LogP) is 2.45. The van der Waals surface area contributed by atoms with E-state index < -0.39 is 5.60 Å². The van der Waals surface area contributed by atoms with E-state index in [-0.39, 0.29) is 5.82 Å². The summed E-state index contributed by atoms with van der Waals surface area (Å²) in [5.74, 6) is 0.146. The Labute approximate surface area is 83.3 Å². The van der Waals surface area contributed by atoms with Crippen molar-refractivity contribution >= 4 is 0 Å². The van der Waals surface area contributed by atoms with Crippen LogP contribution in [0.15, 0.2) is 18.2 Å². The number of hydrogen-bond acceptors (Lipinski definition) is 2. The Morgan fingerprint density at radius 1 is 1.50 bits per heavy atom. The summed E-state index contributed by atoms with van der Waals surface area (Å²) in [6.45, 7) is 3.48. The monoisotopic (exact) mass is 198 g/mol. The van der Waals surface area contributed by atoms with Crippen molar-refractivity contribution in [2.75, 3.05) is 7.11 Å². The van der Waals surface area contributed by atoms with Crippen LogP contribution in [0.2, 0.25) is 0 Å². The number of hydrogen-bond donors (Lipinski definition) is 1. The largest absolute Gasteiger partial charge is 0.496 e. The number of methoxy groups -OCH3 is 1. The van der Waals surface area contributed by atoms with E-state index >= 15 is 0 Å². The molecule has 0 heterocycles. The Balaban J connectivity index is 3.23. The minimum atomic E-state index is -1.05. The Kier molecular flexibility index (Phi) is 3.11. The molecule has 0 fully saturated rings. The summed E-state index contributed by atoms with van der Waals surface area (Å²) in [6, 6.07) is 4.14. The van der Waals surface area contributed by atoms with E-state index in [1.165, 1.54) is 25.3 Å². The van der Waals surface area contributed by atoms with Gasteiger partial charge in [0.05, 0.1) is 12.7 Å². The van der Waals surface area contributed by atoms with Gasteiger partial charge in [0.2, 0.25) is 0 Å². The van der Waals surface area contributed by atoms with Crippen molar-refractivity contribution in [1.82, 2.24) is 0 Å². The van der Waals surface area contributed by atoms with Crippen molar-refractivity contribution in [2.24, 2.45) is 0 Å². The maximum atomic E-state index is 13.0. The van der Waals surface area contributed by atoms with Crippen LogP contribution >= 0.6 is 0 Å². The maximum absolute atomic E-state index is 13.0. The molecule has 0 aliphatic carbocycles. The number of ether oxygens (including phenoxy) is 1. The van der Waals surface area contributed by atoms with Gasteiger partial charge in [0.15, 0.2) is 0 Å². The first-order valence-corrected chi connectivity index (χ1v) is 4.57. The van der Waals surface area contributed by atoms with Gasteiger partial charge in [-0.3, -0.25) is 0 Å². The first-order chi connectivity index (χ1) is 6.51. The van der Waals surface area contributed by atoms with Crippen molar-refractivity contribution in [3.63, 3.8) is 0 Å². The molecule has 0 aliphatic rings. The standard InChI is InChI=1S/C11H15FO2/c1-4-11(2,13)9-7-8(12)5-6-10(9)14-3/h5-7,13H,4H2,1-3H3/t11-/m0/s1. The SMILES string of the molecule is CC[C@](C)(O)c1cc(F)ccc1OC. The molecule has 2 nitrogen and oxygen atoms in total. The zero-order valence-electron chi connectivity index (χ0n) is 8.67. The number of benzene rings is 1. The van der Waals surface area contributed by atoms with Crippen LogP contribution in [0.3, 0.4) is 0 Å². The normalized spacial score (nSPS) is 14.9. The van der Waals surface area contributed by atoms with Crippen LogP contribution < -0.4 is 4.74 Å². The summed E-state index contributed by atoms with van der Waals surface area (Å²) < 4.78 is 18.0. The minimum Gasteiger partial charge on any atom is -0.496 e. The molecule has 1 rings (SSSR count). The highest BCUT2D eigenvalue weighted by Crippen LogP contribution is 2.32. The Morgan fingerprint density at radius 2 is 2.14 bits per heavy atom. The topological polar surface area (TPSA) is 29.5 Å². The van der Waals surface area contributed by atoms with Gasteiger partial charge in [0, 0.05) is 5.56 Å². The zero-order valence-corrected chi connectivity index (χ0v) is 8.67. The van der Waals surface area contributed by atoms with Crippen LogP contribution in [0.5, 0.6) is 5.75 Å². The number of halogens is 1. The predicted molar refractivity (Wildman–Crippen MR) is 52.8 cm³/mol. The third kappa shape index (κ3) is 2.04. The third-order valence-corrected chi connectivity index (χ3v) is 2.43. The van der Waals surface area contributed by atoms with Crippen LogP contribution in [0.25, 0.3) is 0 Å². The fraction of sp³-hybridized carbons (Fsp3) is 0.455. The minimum absolute atomic E-state index is 0.366. The molecule has 14 heavy (non-hydrogen) atoms. The quantitative estimate of drug-likeness (QED) is 0.808. The van der Waals surface area contributed by atoms with E-state index in [1.54, 1.807) is 6.92 Å². The van der Waals surface area contributed by atoms with Crippen molar-refractivity contribution < 1.29 is 14.2 Å². The number of rotatable bonds is 3. The summed E-state index contributed by atoms with van der Waals surface area (Å²) in [6.07, 6.45) is 0.507. The van der Waals surface area contributed by atoms with Crippen molar-refractivity contribution in [1.29, 1.82) is 0 Å². The van der Waals surface area contributed by atoms with Gasteiger partial charge < -0.3 is 9.84 Å². The molecule has 1 aromatic rings. The molecule has 0 bridgehead atoms. The molecule has 0 saturated heterocycles. The average molecular weight is 198 g/mol. The Bertz CT molecular complexity index is 321. The lowest BCUT2D eigenvalue weighted by molar-refractivity contribution is 0.0501. The summed E-state index contributed by atoms with van der Waals surface area (Å²) in [5, 5.41) is 9.98. The van der Waals surface area contributed by atoms with E-state index in [4.69, 9.17) is 4.74 Å². The molecule has 1 aromatic carbocycles. The van der Waals surface area contributed by atoms with E-state index in [1.807, 2.05) is 6.92 Å². The fourth-order valence-electron chi connectivity index (χ4n) is 1.29. The van der Waals surface area contributed by atoms with Gasteiger partial charge >= 0.3 is 0 Å². The highest BCUT2D eigenvalue weighted by atomic mass is 19.1. The molecule has 0 amide bonds. The van der Waals surface area contributed by atoms with Crippen LogP contribution in [-0.4, -0.2) is 12.2 Å². The highest BCUT2D eigenvalue weighted by molar-refractivity contribution is 5.38. The second kappa shape index (κ2) is 3.96. The smallest absolute Gasteiger partial charge is 0.125 e. The van der Waals surface area contributed by atoms with Gasteiger partial charge in [0.1, 0.15) is 11.6 Å². The van der Waals surface area contributed by atoms with Gasteiger partial charge in [0.25, 0.3) is 0 Å². The van der Waals surface area contributed by atoms with E-state index in [2.05, 4.69) is 0 Å². The molecule has 0 saturated carbocycles. The van der Waals surface area contributed by atoms with Gasteiger partial charge in [-0.25, -0.2) is 4.39 Å². The molecular formula is C11H15FO2. The first kappa shape index (κ1) is 11.0. The summed E-state index contributed by atoms with van der Waals surface area (Å²) in [4.78, 5) is 0. The van der Waals surface area contributed by atoms with Crippen LogP contribution in [-0.2, 0) is 5.60 Å². The first-order valence-electron chi connectivity index (χ1n) is 4.57. The van der Waals surface area contributed by atoms with E-state index in [9.17, 15) is 9.50 Å². The second-order valence-electron chi connectivity index (χ2n) is 3.47. The highest BCUT2D eigenvalue weighted by Gasteiger charge is 2.24. The van der Waals surface area contributed by atoms with E-state index in [0.29, 0.717) is 17.7 Å². The molecule has 0 unspecified atom stereocenters. The molecule has 1 N–H and O–H groups in total. The van der Waals surface area contributed by atoms with E-state index in [0.717, 1.165) is 0 Å². The van der Waals surface area contributed by atoms with Crippen LogP contribution in [0.4, 0.5) is 4.39 Å². The lowest BCUT2D eigenvalue weighted by atomic mass is 9.92. The van der Waals surface area contributed by atoms with Gasteiger partial charge in [-0.15, -0.1) is 0 Å². The summed E-state index contributed by atoms with van der Waals surface area (Å²) >= 11 is 0. The molecule has 0 aliphatic heterocycles. The molecular weight excluding hydrogens is 183 g/mol. The fourth-order valence-corrected chi connectivity index (χ4v) is 1.29. The molecule has 1 atom stereocenters. The Morgan fingerprint density at radius 3 is 2.64 bits per heavy atom. The molecule has 78 valence electrons. The van der Waals surface area contributed by atoms with Crippen molar-refractivity contribution in [3.8, 4) is 5.75 Å².